The fraction of sp³-hybridized carbons (Fsp3) is 0.214. The van der Waals surface area contributed by atoms with Crippen molar-refractivity contribution in [2.24, 2.45) is 0 Å². The van der Waals surface area contributed by atoms with E-state index < -0.39 is 12.5 Å². The molecule has 0 fully saturated rings. The van der Waals surface area contributed by atoms with Crippen molar-refractivity contribution in [3.05, 3.63) is 79.8 Å². The summed E-state index contributed by atoms with van der Waals surface area (Å²) >= 11 is 0. The number of nitrogens with one attached hydrogen (secondary N) is 2. The summed E-state index contributed by atoms with van der Waals surface area (Å²) in [7, 11) is 5.66. The zero-order chi connectivity index (χ0) is 28.6. The maximum atomic E-state index is 13.5. The second kappa shape index (κ2) is 12.8. The third kappa shape index (κ3) is 6.97. The van der Waals surface area contributed by atoms with Crippen molar-refractivity contribution >= 4 is 34.4 Å². The predicted molar refractivity (Wildman–Crippen MR) is 152 cm³/mol. The summed E-state index contributed by atoms with van der Waals surface area (Å²) in [6, 6.07) is 10.4. The van der Waals surface area contributed by atoms with Gasteiger partial charge < -0.3 is 25.2 Å². The van der Waals surface area contributed by atoms with Crippen LogP contribution in [0.3, 0.4) is 0 Å². The first-order valence-corrected chi connectivity index (χ1v) is 12.4. The quantitative estimate of drug-likeness (QED) is 0.192. The number of ether oxygens (including phenoxy) is 1. The molecule has 1 amide bonds. The predicted octanol–water partition coefficient (Wildman–Crippen LogP) is 4.81. The molecule has 0 radical (unpaired) electrons. The van der Waals surface area contributed by atoms with Crippen molar-refractivity contribution in [2.75, 3.05) is 49.8 Å². The highest BCUT2D eigenvalue weighted by Gasteiger charge is 2.19. The van der Waals surface area contributed by atoms with E-state index in [1.165, 1.54) is 30.4 Å². The number of likely N-dealkylation sites (N-methyl/N-ethyl adjacent to an activating group) is 2. The standard InChI is InChI=1S/C28H30F2N8O2/c1-5-6-10-26(39)33-21-16-22(25(40-27(29)30)17-24(21)37(4)15-14-36(2)3)35-28-31-12-11-20(34-28)19-18-32-38-13-8-7-9-23(19)38/h5-13,16-18,27H,1,14-15H2,2-4H3,(H,33,39)(H,31,34,35)/b10-6-. The van der Waals surface area contributed by atoms with Crippen LogP contribution in [0.4, 0.5) is 31.8 Å². The molecule has 3 heterocycles. The van der Waals surface area contributed by atoms with Gasteiger partial charge in [-0.05, 0) is 38.4 Å². The molecule has 0 aliphatic rings. The average molecular weight is 549 g/mol. The minimum Gasteiger partial charge on any atom is -0.433 e. The molecule has 4 rings (SSSR count). The lowest BCUT2D eigenvalue weighted by Gasteiger charge is -2.26. The van der Waals surface area contributed by atoms with Gasteiger partial charge in [-0.1, -0.05) is 24.8 Å². The van der Waals surface area contributed by atoms with Crippen LogP contribution >= 0.6 is 0 Å². The van der Waals surface area contributed by atoms with E-state index in [9.17, 15) is 13.6 Å². The smallest absolute Gasteiger partial charge is 0.387 e. The molecular formula is C28H30F2N8O2. The van der Waals surface area contributed by atoms with Gasteiger partial charge in [0, 0.05) is 50.2 Å². The Hall–Kier alpha value is -4.84. The molecule has 10 nitrogen and oxygen atoms in total. The Morgan fingerprint density at radius 3 is 2.75 bits per heavy atom. The molecule has 0 aliphatic heterocycles. The van der Waals surface area contributed by atoms with Crippen LogP contribution in [0.5, 0.6) is 5.75 Å². The van der Waals surface area contributed by atoms with Crippen LogP contribution in [0.1, 0.15) is 0 Å². The van der Waals surface area contributed by atoms with Crippen LogP contribution < -0.4 is 20.3 Å². The molecule has 3 aromatic heterocycles. The van der Waals surface area contributed by atoms with Gasteiger partial charge in [-0.2, -0.15) is 13.9 Å². The number of amides is 1. The number of fused-ring (bicyclic) bond motifs is 1. The fourth-order valence-electron chi connectivity index (χ4n) is 3.90. The van der Waals surface area contributed by atoms with E-state index in [1.54, 1.807) is 30.0 Å². The zero-order valence-electron chi connectivity index (χ0n) is 22.4. The summed E-state index contributed by atoms with van der Waals surface area (Å²) in [6.45, 7) is 1.74. The third-order valence-corrected chi connectivity index (χ3v) is 5.85. The zero-order valence-corrected chi connectivity index (χ0v) is 22.4. The van der Waals surface area contributed by atoms with Crippen LogP contribution in [0, 0.1) is 0 Å². The van der Waals surface area contributed by atoms with E-state index >= 15 is 0 Å². The Balaban J connectivity index is 1.74. The van der Waals surface area contributed by atoms with E-state index in [0.717, 1.165) is 11.1 Å². The highest BCUT2D eigenvalue weighted by atomic mass is 19.3. The Bertz CT molecular complexity index is 1520. The lowest BCUT2D eigenvalue weighted by Crippen LogP contribution is -2.29. The molecule has 0 bridgehead atoms. The number of hydrogen-bond acceptors (Lipinski definition) is 8. The molecule has 4 aromatic rings. The van der Waals surface area contributed by atoms with Crippen molar-refractivity contribution < 1.29 is 18.3 Å². The minimum absolute atomic E-state index is 0.133. The number of nitrogens with zero attached hydrogens (tertiary/aromatic N) is 6. The van der Waals surface area contributed by atoms with Crippen LogP contribution in [-0.2, 0) is 4.79 Å². The Morgan fingerprint density at radius 1 is 1.18 bits per heavy atom. The summed E-state index contributed by atoms with van der Waals surface area (Å²) in [4.78, 5) is 25.2. The summed E-state index contributed by atoms with van der Waals surface area (Å²) < 4.78 is 33.6. The average Bonchev–Trinajstić information content (AvgIpc) is 3.36. The summed E-state index contributed by atoms with van der Waals surface area (Å²) in [5, 5.41) is 10.1. The molecule has 0 atom stereocenters. The van der Waals surface area contributed by atoms with E-state index in [1.807, 2.05) is 48.3 Å². The molecular weight excluding hydrogens is 518 g/mol. The Kier molecular flexibility index (Phi) is 9.02. The fourth-order valence-corrected chi connectivity index (χ4v) is 3.90. The van der Waals surface area contributed by atoms with Crippen LogP contribution in [0.15, 0.2) is 79.8 Å². The number of carbonyl (C=O) groups excluding carboxylic acids is 1. The van der Waals surface area contributed by atoms with E-state index in [4.69, 9.17) is 4.74 Å². The van der Waals surface area contributed by atoms with Gasteiger partial charge in [0.15, 0.2) is 5.75 Å². The first kappa shape index (κ1) is 28.2. The monoisotopic (exact) mass is 548 g/mol. The highest BCUT2D eigenvalue weighted by Crippen LogP contribution is 2.39. The van der Waals surface area contributed by atoms with Gasteiger partial charge in [0.25, 0.3) is 0 Å². The number of rotatable bonds is 12. The second-order valence-corrected chi connectivity index (χ2v) is 9.03. The topological polar surface area (TPSA) is 99.9 Å². The molecule has 0 saturated carbocycles. The number of alkyl halides is 2. The van der Waals surface area contributed by atoms with Crippen molar-refractivity contribution in [3.63, 3.8) is 0 Å². The van der Waals surface area contributed by atoms with E-state index in [0.29, 0.717) is 30.2 Å². The number of aromatic nitrogens is 4. The largest absolute Gasteiger partial charge is 0.433 e. The molecule has 0 saturated heterocycles. The van der Waals surface area contributed by atoms with Crippen molar-refractivity contribution in [1.82, 2.24) is 24.5 Å². The molecule has 0 spiro atoms. The molecule has 0 unspecified atom stereocenters. The number of halogens is 2. The highest BCUT2D eigenvalue weighted by molar-refractivity contribution is 6.02. The van der Waals surface area contributed by atoms with Crippen LogP contribution in [-0.4, -0.2) is 71.2 Å². The number of hydrogen-bond donors (Lipinski definition) is 2. The van der Waals surface area contributed by atoms with E-state index in [2.05, 4.69) is 32.3 Å². The van der Waals surface area contributed by atoms with Gasteiger partial charge >= 0.3 is 6.61 Å². The van der Waals surface area contributed by atoms with Gasteiger partial charge in [0.1, 0.15) is 0 Å². The summed E-state index contributed by atoms with van der Waals surface area (Å²) in [5.41, 5.74) is 3.21. The molecule has 208 valence electrons. The van der Waals surface area contributed by atoms with Gasteiger partial charge in [0.05, 0.1) is 34.5 Å². The maximum absolute atomic E-state index is 13.5. The second-order valence-electron chi connectivity index (χ2n) is 9.03. The number of anilines is 4. The Labute approximate surface area is 230 Å². The number of carbonyl (C=O) groups is 1. The molecule has 12 heteroatoms. The molecule has 2 N–H and O–H groups in total. The molecule has 0 aliphatic carbocycles. The van der Waals surface area contributed by atoms with Gasteiger partial charge in [-0.3, -0.25) is 4.79 Å². The maximum Gasteiger partial charge on any atom is 0.387 e. The van der Waals surface area contributed by atoms with Crippen molar-refractivity contribution in [1.29, 1.82) is 0 Å². The summed E-state index contributed by atoms with van der Waals surface area (Å²) in [5.74, 6) is -0.405. The number of pyridine rings is 1. The van der Waals surface area contributed by atoms with Crippen molar-refractivity contribution in [3.8, 4) is 17.0 Å². The third-order valence-electron chi connectivity index (χ3n) is 5.85. The first-order chi connectivity index (χ1) is 19.2. The SMILES string of the molecule is C=C/C=C\C(=O)Nc1cc(Nc2nccc(-c3cnn4ccccc34)n2)c(OC(F)F)cc1N(C)CCN(C)C. The van der Waals surface area contributed by atoms with Gasteiger partial charge in [-0.15, -0.1) is 0 Å². The van der Waals surface area contributed by atoms with Crippen molar-refractivity contribution in [2.45, 2.75) is 6.61 Å². The normalized spacial score (nSPS) is 11.4. The van der Waals surface area contributed by atoms with Crippen LogP contribution in [0.25, 0.3) is 16.8 Å². The first-order valence-electron chi connectivity index (χ1n) is 12.4. The molecule has 1 aromatic carbocycles. The Morgan fingerprint density at radius 2 is 2.00 bits per heavy atom. The van der Waals surface area contributed by atoms with E-state index in [-0.39, 0.29) is 17.4 Å². The van der Waals surface area contributed by atoms with Gasteiger partial charge in [-0.25, -0.2) is 14.5 Å². The minimum atomic E-state index is -3.08. The molecule has 40 heavy (non-hydrogen) atoms. The van der Waals surface area contributed by atoms with Gasteiger partial charge in [0.2, 0.25) is 11.9 Å². The number of allylic oxidation sites excluding steroid dienone is 2. The lowest BCUT2D eigenvalue weighted by atomic mass is 10.2. The lowest BCUT2D eigenvalue weighted by molar-refractivity contribution is -0.111. The summed E-state index contributed by atoms with van der Waals surface area (Å²) in [6.07, 6.45) is 9.36. The number of benzene rings is 1. The van der Waals surface area contributed by atoms with Crippen LogP contribution in [0.2, 0.25) is 0 Å².